The van der Waals surface area contributed by atoms with Gasteiger partial charge in [0, 0.05) is 11.1 Å². The largest absolute Gasteiger partial charge is 0.478 e. The number of pyridine rings is 1. The van der Waals surface area contributed by atoms with Crippen LogP contribution in [0, 0.1) is 0 Å². The van der Waals surface area contributed by atoms with Crippen LogP contribution in [0.2, 0.25) is 0 Å². The zero-order valence-electron chi connectivity index (χ0n) is 13.2. The van der Waals surface area contributed by atoms with Crippen molar-refractivity contribution in [1.82, 2.24) is 4.98 Å². The van der Waals surface area contributed by atoms with Crippen molar-refractivity contribution in [2.75, 3.05) is 0 Å². The molecule has 0 unspecified atom stereocenters. The van der Waals surface area contributed by atoms with Gasteiger partial charge in [0.1, 0.15) is 5.69 Å². The molecule has 0 amide bonds. The van der Waals surface area contributed by atoms with Crippen molar-refractivity contribution in [3.05, 3.63) is 70.6 Å². The monoisotopic (exact) mass is 349 g/mol. The second-order valence-electron chi connectivity index (χ2n) is 5.18. The smallest absolute Gasteiger partial charge is 0.416 e. The van der Waals surface area contributed by atoms with Crippen molar-refractivity contribution in [3.8, 4) is 0 Å². The molecular weight excluding hydrogens is 335 g/mol. The Kier molecular flexibility index (Phi) is 5.36. The van der Waals surface area contributed by atoms with Gasteiger partial charge in [-0.2, -0.15) is 13.2 Å². The van der Waals surface area contributed by atoms with Crippen LogP contribution in [0.5, 0.6) is 0 Å². The Balaban J connectivity index is 2.31. The highest BCUT2D eigenvalue weighted by molar-refractivity contribution is 6.07. The second-order valence-corrected chi connectivity index (χ2v) is 5.18. The van der Waals surface area contributed by atoms with Gasteiger partial charge in [-0.3, -0.25) is 4.79 Å². The lowest BCUT2D eigenvalue weighted by Gasteiger charge is -2.07. The van der Waals surface area contributed by atoms with Crippen LogP contribution in [0.4, 0.5) is 13.2 Å². The number of aromatic nitrogens is 1. The molecule has 0 bridgehead atoms. The van der Waals surface area contributed by atoms with E-state index in [0.29, 0.717) is 0 Å². The van der Waals surface area contributed by atoms with Gasteiger partial charge in [0.05, 0.1) is 11.3 Å². The summed E-state index contributed by atoms with van der Waals surface area (Å²) in [5.74, 6) is -1.62. The lowest BCUT2D eigenvalue weighted by Crippen LogP contribution is -2.08. The third-order valence-corrected chi connectivity index (χ3v) is 3.46. The fraction of sp³-hybridized carbons (Fsp3) is 0.167. The van der Waals surface area contributed by atoms with Crippen LogP contribution in [0.1, 0.15) is 40.7 Å². The van der Waals surface area contributed by atoms with Gasteiger partial charge in [-0.25, -0.2) is 9.78 Å². The minimum absolute atomic E-state index is 0.0225. The molecule has 2 rings (SSSR count). The molecule has 1 aromatic carbocycles. The van der Waals surface area contributed by atoms with Gasteiger partial charge >= 0.3 is 12.1 Å². The summed E-state index contributed by atoms with van der Waals surface area (Å²) >= 11 is 0. The number of carboxylic acids is 1. The molecule has 130 valence electrons. The Bertz CT molecular complexity index is 824. The van der Waals surface area contributed by atoms with Gasteiger partial charge in [0.25, 0.3) is 0 Å². The summed E-state index contributed by atoms with van der Waals surface area (Å²) in [6.45, 7) is 1.68. The molecule has 1 N–H and O–H groups in total. The summed E-state index contributed by atoms with van der Waals surface area (Å²) in [7, 11) is 0. The van der Waals surface area contributed by atoms with E-state index in [-0.39, 0.29) is 28.9 Å². The molecule has 0 saturated heterocycles. The molecular formula is C18H14F3NO3. The van der Waals surface area contributed by atoms with Crippen LogP contribution < -0.4 is 0 Å². The number of carbonyl (C=O) groups is 2. The molecule has 0 aliphatic rings. The third-order valence-electron chi connectivity index (χ3n) is 3.46. The fourth-order valence-electron chi connectivity index (χ4n) is 2.11. The molecule has 1 heterocycles. The van der Waals surface area contributed by atoms with E-state index in [4.69, 9.17) is 5.11 Å². The molecule has 0 aliphatic heterocycles. The van der Waals surface area contributed by atoms with E-state index in [0.717, 1.165) is 24.3 Å². The zero-order chi connectivity index (χ0) is 18.6. The van der Waals surface area contributed by atoms with Crippen LogP contribution >= 0.6 is 0 Å². The van der Waals surface area contributed by atoms with Crippen molar-refractivity contribution in [2.45, 2.75) is 19.5 Å². The maximum atomic E-state index is 12.6. The minimum Gasteiger partial charge on any atom is -0.478 e. The predicted molar refractivity (Wildman–Crippen MR) is 85.0 cm³/mol. The van der Waals surface area contributed by atoms with Crippen LogP contribution in [-0.4, -0.2) is 21.8 Å². The number of halogens is 3. The first kappa shape index (κ1) is 18.4. The summed E-state index contributed by atoms with van der Waals surface area (Å²) in [6, 6.07) is 8.33. The van der Waals surface area contributed by atoms with Crippen LogP contribution in [0.25, 0.3) is 6.08 Å². The fourth-order valence-corrected chi connectivity index (χ4v) is 2.11. The number of ketones is 1. The molecule has 1 aromatic heterocycles. The molecule has 0 spiro atoms. The standard InChI is InChI=1S/C18H14F3NO3/c1-2-11(17(24)25)10-14-4-3-5-15(22-14)16(23)12-6-8-13(9-7-12)18(19,20)21/h3-10H,2H2,1H3,(H,24,25). The first-order valence-corrected chi connectivity index (χ1v) is 7.35. The second kappa shape index (κ2) is 7.29. The Morgan fingerprint density at radius 2 is 1.76 bits per heavy atom. The van der Waals surface area contributed by atoms with Crippen molar-refractivity contribution in [3.63, 3.8) is 0 Å². The number of alkyl halides is 3. The van der Waals surface area contributed by atoms with Crippen LogP contribution in [-0.2, 0) is 11.0 Å². The Hall–Kier alpha value is -2.96. The minimum atomic E-state index is -4.47. The van der Waals surface area contributed by atoms with Crippen molar-refractivity contribution in [1.29, 1.82) is 0 Å². The number of hydrogen-bond acceptors (Lipinski definition) is 3. The highest BCUT2D eigenvalue weighted by Gasteiger charge is 2.30. The SMILES string of the molecule is CCC(=Cc1cccc(C(=O)c2ccc(C(F)(F)F)cc2)n1)C(=O)O. The van der Waals surface area contributed by atoms with Crippen LogP contribution in [0.15, 0.2) is 48.0 Å². The van der Waals surface area contributed by atoms with Crippen molar-refractivity contribution < 1.29 is 27.9 Å². The van der Waals surface area contributed by atoms with Gasteiger partial charge < -0.3 is 5.11 Å². The first-order chi connectivity index (χ1) is 11.7. The van der Waals surface area contributed by atoms with E-state index < -0.39 is 23.5 Å². The average molecular weight is 349 g/mol. The molecule has 0 atom stereocenters. The number of hydrogen-bond donors (Lipinski definition) is 1. The van der Waals surface area contributed by atoms with E-state index in [9.17, 15) is 22.8 Å². The number of aliphatic carboxylic acids is 1. The number of carboxylic acid groups (broad SMARTS) is 1. The van der Waals surface area contributed by atoms with Crippen molar-refractivity contribution in [2.24, 2.45) is 0 Å². The molecule has 0 aliphatic carbocycles. The molecule has 25 heavy (non-hydrogen) atoms. The normalized spacial score (nSPS) is 12.1. The Morgan fingerprint density at radius 3 is 2.28 bits per heavy atom. The zero-order valence-corrected chi connectivity index (χ0v) is 13.2. The quantitative estimate of drug-likeness (QED) is 0.649. The molecule has 0 fully saturated rings. The van der Waals surface area contributed by atoms with E-state index in [1.165, 1.54) is 18.2 Å². The topological polar surface area (TPSA) is 67.3 Å². The highest BCUT2D eigenvalue weighted by Crippen LogP contribution is 2.29. The molecule has 7 heteroatoms. The van der Waals surface area contributed by atoms with Crippen molar-refractivity contribution >= 4 is 17.8 Å². The van der Waals surface area contributed by atoms with Gasteiger partial charge in [-0.05, 0) is 36.8 Å². The molecule has 0 saturated carbocycles. The molecule has 0 radical (unpaired) electrons. The number of nitrogens with zero attached hydrogens (tertiary/aromatic N) is 1. The maximum absolute atomic E-state index is 12.6. The molecule has 4 nitrogen and oxygen atoms in total. The van der Waals surface area contributed by atoms with Gasteiger partial charge in [0.2, 0.25) is 5.78 Å². The Morgan fingerprint density at radius 1 is 1.12 bits per heavy atom. The summed E-state index contributed by atoms with van der Waals surface area (Å²) in [5.41, 5.74) is -0.337. The number of rotatable bonds is 5. The number of carbonyl (C=O) groups excluding carboxylic acids is 1. The summed E-state index contributed by atoms with van der Waals surface area (Å²) < 4.78 is 37.7. The lowest BCUT2D eigenvalue weighted by molar-refractivity contribution is -0.137. The van der Waals surface area contributed by atoms with E-state index in [1.807, 2.05) is 0 Å². The van der Waals surface area contributed by atoms with Crippen LogP contribution in [0.3, 0.4) is 0 Å². The molecule has 2 aromatic rings. The number of benzene rings is 1. The third kappa shape index (κ3) is 4.53. The van der Waals surface area contributed by atoms with E-state index >= 15 is 0 Å². The average Bonchev–Trinajstić information content (AvgIpc) is 2.58. The Labute approximate surface area is 141 Å². The lowest BCUT2D eigenvalue weighted by atomic mass is 10.0. The summed E-state index contributed by atoms with van der Waals surface area (Å²) in [6.07, 6.45) is -2.84. The van der Waals surface area contributed by atoms with Gasteiger partial charge in [-0.1, -0.05) is 25.1 Å². The van der Waals surface area contributed by atoms with E-state index in [1.54, 1.807) is 13.0 Å². The predicted octanol–water partition coefficient (Wildman–Crippen LogP) is 4.21. The summed E-state index contributed by atoms with van der Waals surface area (Å²) in [4.78, 5) is 27.5. The maximum Gasteiger partial charge on any atom is 0.416 e. The van der Waals surface area contributed by atoms with Gasteiger partial charge in [0.15, 0.2) is 0 Å². The highest BCUT2D eigenvalue weighted by atomic mass is 19.4. The first-order valence-electron chi connectivity index (χ1n) is 7.35. The summed E-state index contributed by atoms with van der Waals surface area (Å²) in [5, 5.41) is 9.03. The van der Waals surface area contributed by atoms with E-state index in [2.05, 4.69) is 4.98 Å². The van der Waals surface area contributed by atoms with Gasteiger partial charge in [-0.15, -0.1) is 0 Å².